The lowest BCUT2D eigenvalue weighted by atomic mass is 10.0. The maximum absolute atomic E-state index is 14.0. The Morgan fingerprint density at radius 1 is 0.907 bits per heavy atom. The van der Waals surface area contributed by atoms with Gasteiger partial charge in [0.15, 0.2) is 6.29 Å². The van der Waals surface area contributed by atoms with Crippen LogP contribution in [-0.2, 0) is 36.8 Å². The molecule has 0 aliphatic rings. The molecule has 0 saturated heterocycles. The van der Waals surface area contributed by atoms with Crippen LogP contribution in [0.1, 0.15) is 38.8 Å². The molecule has 0 heterocycles. The third kappa shape index (κ3) is 12.9. The van der Waals surface area contributed by atoms with E-state index in [0.717, 1.165) is 5.56 Å². The number of nitrogens with zero attached hydrogens (tertiary/aromatic N) is 1. The zero-order valence-electron chi connectivity index (χ0n) is 24.9. The minimum atomic E-state index is -1.40. The van der Waals surface area contributed by atoms with E-state index in [1.165, 1.54) is 4.90 Å². The quantitative estimate of drug-likeness (QED) is 0.196. The van der Waals surface area contributed by atoms with Crippen molar-refractivity contribution in [2.45, 2.75) is 65.1 Å². The maximum Gasteiger partial charge on any atom is 0.408 e. The summed E-state index contributed by atoms with van der Waals surface area (Å²) < 4.78 is 16.5. The molecule has 236 valence electrons. The predicted molar refractivity (Wildman–Crippen MR) is 161 cm³/mol. The number of alkyl carbamates (subject to hydrolysis) is 1. The van der Waals surface area contributed by atoms with E-state index in [1.54, 1.807) is 48.5 Å². The zero-order chi connectivity index (χ0) is 31.8. The molecule has 0 fully saturated rings. The smallest absolute Gasteiger partial charge is 0.408 e. The van der Waals surface area contributed by atoms with E-state index in [1.807, 2.05) is 33.8 Å². The summed E-state index contributed by atoms with van der Waals surface area (Å²) in [5, 5.41) is 16.8. The molecule has 13 heteroatoms. The van der Waals surface area contributed by atoms with E-state index in [2.05, 4.69) is 16.0 Å². The van der Waals surface area contributed by atoms with Gasteiger partial charge >= 0.3 is 12.2 Å². The van der Waals surface area contributed by atoms with E-state index in [-0.39, 0.29) is 25.6 Å². The van der Waals surface area contributed by atoms with Crippen LogP contribution in [0.25, 0.3) is 0 Å². The molecule has 0 aromatic heterocycles. The number of nitrogens with one attached hydrogen (secondary N) is 3. The monoisotopic (exact) mass is 620 g/mol. The number of halogens is 1. The number of carbonyl (C=O) groups excluding carboxylic acids is 3. The summed E-state index contributed by atoms with van der Waals surface area (Å²) in [5.74, 6) is -1.22. The zero-order valence-corrected chi connectivity index (χ0v) is 25.6. The minimum Gasteiger partial charge on any atom is -0.465 e. The second-order valence-electron chi connectivity index (χ2n) is 9.76. The lowest BCUT2D eigenvalue weighted by Crippen LogP contribution is -2.59. The van der Waals surface area contributed by atoms with Gasteiger partial charge in [0.05, 0.1) is 13.1 Å². The lowest BCUT2D eigenvalue weighted by Gasteiger charge is -2.34. The third-order valence-corrected chi connectivity index (χ3v) is 6.41. The average molecular weight is 621 g/mol. The van der Waals surface area contributed by atoms with Crippen molar-refractivity contribution < 1.29 is 38.5 Å². The van der Waals surface area contributed by atoms with Gasteiger partial charge in [-0.25, -0.2) is 9.59 Å². The molecular formula is C30H41ClN4O8. The fourth-order valence-corrected chi connectivity index (χ4v) is 4.33. The van der Waals surface area contributed by atoms with Crippen molar-refractivity contribution in [1.29, 1.82) is 0 Å². The lowest BCUT2D eigenvalue weighted by molar-refractivity contribution is -0.163. The van der Waals surface area contributed by atoms with Gasteiger partial charge in [-0.15, -0.1) is 0 Å². The highest BCUT2D eigenvalue weighted by molar-refractivity contribution is 6.30. The highest BCUT2D eigenvalue weighted by atomic mass is 35.5. The normalized spacial score (nSPS) is 12.3. The molecule has 2 atom stereocenters. The second kappa shape index (κ2) is 18.6. The van der Waals surface area contributed by atoms with Crippen molar-refractivity contribution in [1.82, 2.24) is 20.9 Å². The molecule has 2 aromatic carbocycles. The Labute approximate surface area is 257 Å². The Bertz CT molecular complexity index is 1180. The number of rotatable bonds is 17. The number of carboxylic acid groups (broad SMARTS) is 1. The highest BCUT2D eigenvalue weighted by Crippen LogP contribution is 2.15. The standard InChI is InChI=1S/C30H41ClN4O8/c1-5-41-26(42-6-2)18-35(20(3)4)28(37)24(16-22-13-10-14-23(31)15-22)33-27(36)25(17-32-29(38)39)34-30(40)43-19-21-11-8-7-9-12-21/h7-15,20,24-26,32H,5-6,16-19H2,1-4H3,(H,33,36)(H,34,40)(H,38,39). The number of hydrogen-bond acceptors (Lipinski definition) is 7. The molecule has 0 aliphatic heterocycles. The van der Waals surface area contributed by atoms with Gasteiger partial charge in [0.2, 0.25) is 11.8 Å². The Balaban J connectivity index is 2.29. The molecule has 0 bridgehead atoms. The summed E-state index contributed by atoms with van der Waals surface area (Å²) in [7, 11) is 0. The first-order valence-electron chi connectivity index (χ1n) is 14.1. The van der Waals surface area contributed by atoms with E-state index < -0.39 is 48.9 Å². The largest absolute Gasteiger partial charge is 0.465 e. The van der Waals surface area contributed by atoms with E-state index >= 15 is 0 Å². The van der Waals surface area contributed by atoms with Crippen molar-refractivity contribution in [2.24, 2.45) is 0 Å². The average Bonchev–Trinajstić information content (AvgIpc) is 2.96. The van der Waals surface area contributed by atoms with Gasteiger partial charge in [0.25, 0.3) is 0 Å². The first-order chi connectivity index (χ1) is 20.5. The SMILES string of the molecule is CCOC(CN(C(=O)C(Cc1cccc(Cl)c1)NC(=O)C(CNC(=O)O)NC(=O)OCc1ccccc1)C(C)C)OCC. The minimum absolute atomic E-state index is 0.0621. The second-order valence-corrected chi connectivity index (χ2v) is 10.2. The Kier molecular flexibility index (Phi) is 15.3. The summed E-state index contributed by atoms with van der Waals surface area (Å²) in [4.78, 5) is 52.8. The summed E-state index contributed by atoms with van der Waals surface area (Å²) in [6, 6.07) is 13.0. The molecule has 43 heavy (non-hydrogen) atoms. The number of benzene rings is 2. The summed E-state index contributed by atoms with van der Waals surface area (Å²) in [6.45, 7) is 7.61. The van der Waals surface area contributed by atoms with Crippen LogP contribution in [0.15, 0.2) is 54.6 Å². The molecule has 0 radical (unpaired) electrons. The number of carbonyl (C=O) groups is 4. The van der Waals surface area contributed by atoms with Crippen molar-refractivity contribution in [3.63, 3.8) is 0 Å². The van der Waals surface area contributed by atoms with Gasteiger partial charge in [-0.3, -0.25) is 9.59 Å². The van der Waals surface area contributed by atoms with Gasteiger partial charge < -0.3 is 40.2 Å². The first kappa shape index (κ1) is 35.3. The molecule has 2 rings (SSSR count). The molecular weight excluding hydrogens is 580 g/mol. The number of amides is 4. The van der Waals surface area contributed by atoms with E-state index in [9.17, 15) is 19.2 Å². The van der Waals surface area contributed by atoms with Crippen LogP contribution in [-0.4, -0.2) is 84.7 Å². The summed E-state index contributed by atoms with van der Waals surface area (Å²) in [5.41, 5.74) is 1.40. The van der Waals surface area contributed by atoms with Crippen molar-refractivity contribution in [3.8, 4) is 0 Å². The predicted octanol–water partition coefficient (Wildman–Crippen LogP) is 3.57. The summed E-state index contributed by atoms with van der Waals surface area (Å²) in [6.07, 6.45) is -2.95. The topological polar surface area (TPSA) is 156 Å². The molecule has 12 nitrogen and oxygen atoms in total. The molecule has 0 spiro atoms. The van der Waals surface area contributed by atoms with E-state index in [0.29, 0.717) is 23.8 Å². The third-order valence-electron chi connectivity index (χ3n) is 6.18. The van der Waals surface area contributed by atoms with Crippen LogP contribution in [0.3, 0.4) is 0 Å². The van der Waals surface area contributed by atoms with Gasteiger partial charge in [0, 0.05) is 30.7 Å². The maximum atomic E-state index is 14.0. The number of hydrogen-bond donors (Lipinski definition) is 4. The Morgan fingerprint density at radius 3 is 2.14 bits per heavy atom. The van der Waals surface area contributed by atoms with Gasteiger partial charge in [-0.2, -0.15) is 0 Å². The van der Waals surface area contributed by atoms with E-state index in [4.69, 9.17) is 30.9 Å². The van der Waals surface area contributed by atoms with Gasteiger partial charge in [-0.05, 0) is 51.0 Å². The number of ether oxygens (including phenoxy) is 3. The molecule has 0 aliphatic carbocycles. The van der Waals surface area contributed by atoms with Gasteiger partial charge in [-0.1, -0.05) is 54.1 Å². The fraction of sp³-hybridized carbons (Fsp3) is 0.467. The van der Waals surface area contributed by atoms with Crippen LogP contribution >= 0.6 is 11.6 Å². The van der Waals surface area contributed by atoms with Crippen LogP contribution in [0.2, 0.25) is 5.02 Å². The molecule has 4 N–H and O–H groups in total. The summed E-state index contributed by atoms with van der Waals surface area (Å²) >= 11 is 6.18. The fourth-order valence-electron chi connectivity index (χ4n) is 4.12. The molecule has 2 aromatic rings. The van der Waals surface area contributed by atoms with Crippen LogP contribution in [0.5, 0.6) is 0 Å². The molecule has 2 unspecified atom stereocenters. The van der Waals surface area contributed by atoms with Crippen molar-refractivity contribution in [3.05, 3.63) is 70.7 Å². The van der Waals surface area contributed by atoms with Crippen molar-refractivity contribution >= 4 is 35.6 Å². The Morgan fingerprint density at radius 2 is 1.56 bits per heavy atom. The van der Waals surface area contributed by atoms with Crippen molar-refractivity contribution in [2.75, 3.05) is 26.3 Å². The van der Waals surface area contributed by atoms with Crippen LogP contribution < -0.4 is 16.0 Å². The van der Waals surface area contributed by atoms with Crippen LogP contribution in [0.4, 0.5) is 9.59 Å². The van der Waals surface area contributed by atoms with Crippen LogP contribution in [0, 0.1) is 0 Å². The molecule has 4 amide bonds. The highest BCUT2D eigenvalue weighted by Gasteiger charge is 2.32. The first-order valence-corrected chi connectivity index (χ1v) is 14.4. The Hall–Kier alpha value is -3.87. The van der Waals surface area contributed by atoms with Gasteiger partial charge in [0.1, 0.15) is 18.7 Å². The molecule has 0 saturated carbocycles.